The van der Waals surface area contributed by atoms with Crippen molar-refractivity contribution >= 4 is 17.3 Å². The maximum atomic E-state index is 12.2. The Kier molecular flexibility index (Phi) is 5.29. The number of benzene rings is 1. The van der Waals surface area contributed by atoms with Crippen LogP contribution in [-0.4, -0.2) is 43.0 Å². The van der Waals surface area contributed by atoms with Gasteiger partial charge < -0.3 is 15.5 Å². The van der Waals surface area contributed by atoms with E-state index in [-0.39, 0.29) is 5.91 Å². The number of hydrogen-bond donors (Lipinski definition) is 2. The molecule has 1 amide bonds. The summed E-state index contributed by atoms with van der Waals surface area (Å²) in [5.74, 6) is -0.162. The lowest BCUT2D eigenvalue weighted by Crippen LogP contribution is -2.21. The molecule has 0 unspecified atom stereocenters. The minimum absolute atomic E-state index is 0.162. The van der Waals surface area contributed by atoms with E-state index in [1.54, 1.807) is 18.5 Å². The van der Waals surface area contributed by atoms with Crippen molar-refractivity contribution < 1.29 is 4.79 Å². The Morgan fingerprint density at radius 3 is 2.62 bits per heavy atom. The number of nitrogens with one attached hydrogen (secondary N) is 2. The fourth-order valence-electron chi connectivity index (χ4n) is 1.81. The monoisotopic (exact) mass is 284 g/mol. The minimum Gasteiger partial charge on any atom is -0.382 e. The zero-order valence-electron chi connectivity index (χ0n) is 12.3. The molecule has 0 radical (unpaired) electrons. The minimum atomic E-state index is -0.162. The molecule has 0 aliphatic heterocycles. The number of anilines is 2. The lowest BCUT2D eigenvalue weighted by Gasteiger charge is -2.12. The third-order valence-electron chi connectivity index (χ3n) is 2.92. The van der Waals surface area contributed by atoms with Crippen LogP contribution in [0.3, 0.4) is 0 Å². The topological polar surface area (TPSA) is 57.3 Å². The molecular weight excluding hydrogens is 264 g/mol. The maximum absolute atomic E-state index is 12.2. The van der Waals surface area contributed by atoms with Crippen molar-refractivity contribution in [3.05, 3.63) is 54.4 Å². The van der Waals surface area contributed by atoms with Crippen LogP contribution in [0.2, 0.25) is 0 Å². The van der Waals surface area contributed by atoms with Crippen molar-refractivity contribution in [1.29, 1.82) is 0 Å². The van der Waals surface area contributed by atoms with Gasteiger partial charge in [0.25, 0.3) is 5.91 Å². The molecule has 2 N–H and O–H groups in total. The summed E-state index contributed by atoms with van der Waals surface area (Å²) in [6, 6.07) is 11.2. The van der Waals surface area contributed by atoms with Crippen molar-refractivity contribution in [2.75, 3.05) is 37.8 Å². The number of para-hydroxylation sites is 1. The Balaban J connectivity index is 1.98. The van der Waals surface area contributed by atoms with Crippen molar-refractivity contribution in [3.8, 4) is 0 Å². The average molecular weight is 284 g/mol. The molecule has 0 spiro atoms. The highest BCUT2D eigenvalue weighted by molar-refractivity contribution is 6.04. The number of carbonyl (C=O) groups excluding carboxylic acids is 1. The Labute approximate surface area is 125 Å². The summed E-state index contributed by atoms with van der Waals surface area (Å²) in [4.78, 5) is 18.4. The summed E-state index contributed by atoms with van der Waals surface area (Å²) in [5.41, 5.74) is 2.15. The van der Waals surface area contributed by atoms with Crippen LogP contribution >= 0.6 is 0 Å². The van der Waals surface area contributed by atoms with Crippen LogP contribution in [-0.2, 0) is 0 Å². The molecule has 5 heteroatoms. The smallest absolute Gasteiger partial charge is 0.257 e. The molecule has 21 heavy (non-hydrogen) atoms. The summed E-state index contributed by atoms with van der Waals surface area (Å²) in [6.07, 6.45) is 3.28. The van der Waals surface area contributed by atoms with Gasteiger partial charge in [0.2, 0.25) is 0 Å². The molecule has 0 fully saturated rings. The van der Waals surface area contributed by atoms with Gasteiger partial charge >= 0.3 is 0 Å². The summed E-state index contributed by atoms with van der Waals surface area (Å²) in [7, 11) is 4.04. The maximum Gasteiger partial charge on any atom is 0.257 e. The van der Waals surface area contributed by atoms with E-state index in [1.165, 1.54) is 0 Å². The Hall–Kier alpha value is -2.40. The molecule has 0 aliphatic rings. The number of nitrogens with zero attached hydrogens (tertiary/aromatic N) is 2. The van der Waals surface area contributed by atoms with Crippen LogP contribution in [0.4, 0.5) is 11.4 Å². The van der Waals surface area contributed by atoms with Crippen LogP contribution in [0.15, 0.2) is 48.8 Å². The standard InChI is InChI=1S/C16H20N4O/c1-20(2)9-8-18-15-10-13(11-17-12-15)16(21)19-14-6-4-3-5-7-14/h3-7,10-12,18H,8-9H2,1-2H3,(H,19,21). The number of rotatable bonds is 6. The highest BCUT2D eigenvalue weighted by Crippen LogP contribution is 2.11. The van der Waals surface area contributed by atoms with Crippen molar-refractivity contribution in [1.82, 2.24) is 9.88 Å². The van der Waals surface area contributed by atoms with Gasteiger partial charge in [0, 0.05) is 31.2 Å². The molecule has 1 aromatic carbocycles. The average Bonchev–Trinajstić information content (AvgIpc) is 2.48. The van der Waals surface area contributed by atoms with Gasteiger partial charge in [-0.15, -0.1) is 0 Å². The molecule has 2 rings (SSSR count). The number of amides is 1. The van der Waals surface area contributed by atoms with E-state index in [9.17, 15) is 4.79 Å². The second-order valence-electron chi connectivity index (χ2n) is 5.01. The Morgan fingerprint density at radius 2 is 1.90 bits per heavy atom. The molecule has 0 saturated carbocycles. The number of pyridine rings is 1. The SMILES string of the molecule is CN(C)CCNc1cncc(C(=O)Nc2ccccc2)c1. The first kappa shape index (κ1) is 15.0. The van der Waals surface area contributed by atoms with Gasteiger partial charge in [-0.1, -0.05) is 18.2 Å². The Morgan fingerprint density at radius 1 is 1.14 bits per heavy atom. The highest BCUT2D eigenvalue weighted by Gasteiger charge is 2.07. The summed E-state index contributed by atoms with van der Waals surface area (Å²) < 4.78 is 0. The third kappa shape index (κ3) is 4.89. The number of likely N-dealkylation sites (N-methyl/N-ethyl adjacent to an activating group) is 1. The van der Waals surface area contributed by atoms with Gasteiger partial charge in [0.1, 0.15) is 0 Å². The van der Waals surface area contributed by atoms with E-state index in [0.717, 1.165) is 24.5 Å². The lowest BCUT2D eigenvalue weighted by molar-refractivity contribution is 0.102. The summed E-state index contributed by atoms with van der Waals surface area (Å²) in [6.45, 7) is 1.72. The highest BCUT2D eigenvalue weighted by atomic mass is 16.1. The summed E-state index contributed by atoms with van der Waals surface area (Å²) in [5, 5.41) is 6.10. The van der Waals surface area contributed by atoms with Gasteiger partial charge in [-0.25, -0.2) is 0 Å². The first-order chi connectivity index (χ1) is 10.1. The van der Waals surface area contributed by atoms with Crippen LogP contribution in [0.5, 0.6) is 0 Å². The van der Waals surface area contributed by atoms with E-state index in [0.29, 0.717) is 5.56 Å². The molecule has 0 aliphatic carbocycles. The summed E-state index contributed by atoms with van der Waals surface area (Å²) >= 11 is 0. The van der Waals surface area contributed by atoms with Gasteiger partial charge in [-0.05, 0) is 32.3 Å². The quantitative estimate of drug-likeness (QED) is 0.854. The van der Waals surface area contributed by atoms with Crippen LogP contribution in [0, 0.1) is 0 Å². The number of aromatic nitrogens is 1. The van der Waals surface area contributed by atoms with Crippen molar-refractivity contribution in [2.24, 2.45) is 0 Å². The first-order valence-corrected chi connectivity index (χ1v) is 6.85. The van der Waals surface area contributed by atoms with E-state index in [2.05, 4.69) is 20.5 Å². The zero-order valence-corrected chi connectivity index (χ0v) is 12.3. The second kappa shape index (κ2) is 7.40. The van der Waals surface area contributed by atoms with Crippen LogP contribution in [0.1, 0.15) is 10.4 Å². The Bertz CT molecular complexity index is 584. The molecular formula is C16H20N4O. The van der Waals surface area contributed by atoms with E-state index in [1.807, 2.05) is 44.4 Å². The van der Waals surface area contributed by atoms with Crippen molar-refractivity contribution in [2.45, 2.75) is 0 Å². The van der Waals surface area contributed by atoms with Crippen molar-refractivity contribution in [3.63, 3.8) is 0 Å². The molecule has 0 saturated heterocycles. The van der Waals surface area contributed by atoms with E-state index < -0.39 is 0 Å². The number of carbonyl (C=O) groups is 1. The molecule has 0 bridgehead atoms. The third-order valence-corrected chi connectivity index (χ3v) is 2.92. The van der Waals surface area contributed by atoms with E-state index >= 15 is 0 Å². The van der Waals surface area contributed by atoms with Gasteiger partial charge in [0.05, 0.1) is 11.3 Å². The van der Waals surface area contributed by atoms with Gasteiger partial charge in [-0.3, -0.25) is 9.78 Å². The van der Waals surface area contributed by atoms with Gasteiger partial charge in [0.15, 0.2) is 0 Å². The zero-order chi connectivity index (χ0) is 15.1. The molecule has 1 aromatic heterocycles. The lowest BCUT2D eigenvalue weighted by atomic mass is 10.2. The van der Waals surface area contributed by atoms with E-state index in [4.69, 9.17) is 0 Å². The van der Waals surface area contributed by atoms with Crippen LogP contribution in [0.25, 0.3) is 0 Å². The molecule has 5 nitrogen and oxygen atoms in total. The molecule has 110 valence electrons. The molecule has 2 aromatic rings. The predicted octanol–water partition coefficient (Wildman–Crippen LogP) is 2.31. The predicted molar refractivity (Wildman–Crippen MR) is 85.7 cm³/mol. The molecule has 1 heterocycles. The normalized spacial score (nSPS) is 10.4. The second-order valence-corrected chi connectivity index (χ2v) is 5.01. The number of hydrogen-bond acceptors (Lipinski definition) is 4. The first-order valence-electron chi connectivity index (χ1n) is 6.85. The molecule has 0 atom stereocenters. The fraction of sp³-hybridized carbons (Fsp3) is 0.250. The largest absolute Gasteiger partial charge is 0.382 e. The van der Waals surface area contributed by atoms with Crippen LogP contribution < -0.4 is 10.6 Å². The fourth-order valence-corrected chi connectivity index (χ4v) is 1.81. The van der Waals surface area contributed by atoms with Gasteiger partial charge in [-0.2, -0.15) is 0 Å².